The van der Waals surface area contributed by atoms with Crippen molar-refractivity contribution >= 4 is 35.4 Å². The van der Waals surface area contributed by atoms with E-state index < -0.39 is 35.7 Å². The quantitative estimate of drug-likeness (QED) is 0.152. The molecule has 304 valence electrons. The van der Waals surface area contributed by atoms with Crippen LogP contribution in [0.15, 0.2) is 43.0 Å². The Kier molecular flexibility index (Phi) is 11.7. The molecule has 4 bridgehead atoms. The molecule has 1 aromatic carbocycles. The first-order valence-electron chi connectivity index (χ1n) is 21.2. The van der Waals surface area contributed by atoms with Gasteiger partial charge in [0.1, 0.15) is 12.1 Å². The Morgan fingerprint density at radius 1 is 0.929 bits per heavy atom. The Balaban J connectivity index is 1.02. The number of hydrogen-bond donors (Lipinski definition) is 4. The molecule has 5 atom stereocenters. The van der Waals surface area contributed by atoms with E-state index in [4.69, 9.17) is 0 Å². The molecule has 1 aromatic rings. The highest BCUT2D eigenvalue weighted by Gasteiger charge is 2.70. The van der Waals surface area contributed by atoms with E-state index in [-0.39, 0.29) is 59.5 Å². The van der Waals surface area contributed by atoms with Crippen molar-refractivity contribution in [1.29, 1.82) is 0 Å². The first-order valence-corrected chi connectivity index (χ1v) is 21.2. The van der Waals surface area contributed by atoms with Crippen molar-refractivity contribution in [3.63, 3.8) is 0 Å². The first kappa shape index (κ1) is 40.0. The number of ketones is 1. The number of piperidine rings is 1. The second-order valence-corrected chi connectivity index (χ2v) is 18.8. The molecule has 6 aliphatic carbocycles. The first-order chi connectivity index (χ1) is 26.8. The SMILES string of the molecule is C=CCCC(NC(=O)[C@@H]1[C@@H]2[C@H](CN1C(=O)[C@@H](NC(=O)NC13CC4CC(CC(C4)C1)C3)C1CCCCC1)C2(C)C)C(=O)C(=O)NCC(=O)N(C)Cc1ccccc1. The molecule has 1 unspecified atom stereocenters. The number of carbonyl (C=O) groups is 6. The minimum absolute atomic E-state index is 0.0351. The molecule has 0 aromatic heterocycles. The monoisotopic (exact) mass is 770 g/mol. The van der Waals surface area contributed by atoms with E-state index in [0.717, 1.165) is 56.9 Å². The van der Waals surface area contributed by atoms with Crippen molar-refractivity contribution in [2.75, 3.05) is 20.1 Å². The van der Waals surface area contributed by atoms with Gasteiger partial charge in [0, 0.05) is 25.7 Å². The van der Waals surface area contributed by atoms with Crippen LogP contribution in [0.1, 0.15) is 103 Å². The Labute approximate surface area is 331 Å². The number of rotatable bonds is 15. The summed E-state index contributed by atoms with van der Waals surface area (Å²) in [6.07, 6.45) is 13.6. The third-order valence-corrected chi connectivity index (χ3v) is 14.5. The van der Waals surface area contributed by atoms with Gasteiger partial charge in [-0.2, -0.15) is 0 Å². The molecule has 7 aliphatic rings. The summed E-state index contributed by atoms with van der Waals surface area (Å²) < 4.78 is 0. The lowest BCUT2D eigenvalue weighted by Gasteiger charge is -2.56. The van der Waals surface area contributed by atoms with Gasteiger partial charge in [-0.15, -0.1) is 6.58 Å². The molecule has 7 fully saturated rings. The summed E-state index contributed by atoms with van der Waals surface area (Å²) in [6.45, 7) is 8.32. The Morgan fingerprint density at radius 2 is 1.57 bits per heavy atom. The van der Waals surface area contributed by atoms with Gasteiger partial charge in [0.05, 0.1) is 12.6 Å². The number of carbonyl (C=O) groups excluding carboxylic acids is 6. The molecule has 4 N–H and O–H groups in total. The normalized spacial score (nSPS) is 30.7. The van der Waals surface area contributed by atoms with Crippen molar-refractivity contribution in [2.45, 2.75) is 128 Å². The molecule has 1 aliphatic heterocycles. The van der Waals surface area contributed by atoms with E-state index in [1.54, 1.807) is 18.0 Å². The van der Waals surface area contributed by atoms with Gasteiger partial charge in [0.2, 0.25) is 23.5 Å². The zero-order valence-electron chi connectivity index (χ0n) is 33.5. The second-order valence-electron chi connectivity index (χ2n) is 18.8. The van der Waals surface area contributed by atoms with Crippen molar-refractivity contribution in [1.82, 2.24) is 31.1 Å². The summed E-state index contributed by atoms with van der Waals surface area (Å²) >= 11 is 0. The van der Waals surface area contributed by atoms with Gasteiger partial charge < -0.3 is 31.1 Å². The van der Waals surface area contributed by atoms with Crippen LogP contribution in [0.4, 0.5) is 4.79 Å². The fraction of sp³-hybridized carbons (Fsp3) is 0.682. The van der Waals surface area contributed by atoms with Gasteiger partial charge in [-0.1, -0.05) is 69.5 Å². The molecule has 12 heteroatoms. The van der Waals surface area contributed by atoms with Crippen LogP contribution >= 0.6 is 0 Å². The minimum atomic E-state index is -1.17. The zero-order chi connectivity index (χ0) is 39.8. The molecule has 6 saturated carbocycles. The third kappa shape index (κ3) is 8.40. The van der Waals surface area contributed by atoms with Crippen LogP contribution in [0.3, 0.4) is 0 Å². The molecule has 0 radical (unpaired) electrons. The van der Waals surface area contributed by atoms with Crippen LogP contribution in [-0.2, 0) is 30.5 Å². The highest BCUT2D eigenvalue weighted by molar-refractivity contribution is 6.38. The highest BCUT2D eigenvalue weighted by Crippen LogP contribution is 2.65. The Morgan fingerprint density at radius 3 is 2.20 bits per heavy atom. The van der Waals surface area contributed by atoms with E-state index in [0.29, 0.717) is 37.3 Å². The molecule has 6 amide bonds. The number of allylic oxidation sites excluding steroid dienone is 1. The Bertz CT molecular complexity index is 1650. The lowest BCUT2D eigenvalue weighted by Crippen LogP contribution is -2.64. The maximum Gasteiger partial charge on any atom is 0.315 e. The molecular weight excluding hydrogens is 709 g/mol. The summed E-state index contributed by atoms with van der Waals surface area (Å²) in [6, 6.07) is 6.38. The largest absolute Gasteiger partial charge is 0.344 e. The van der Waals surface area contributed by atoms with Gasteiger partial charge in [0.25, 0.3) is 5.91 Å². The number of urea groups is 1. The average Bonchev–Trinajstić information content (AvgIpc) is 3.46. The van der Waals surface area contributed by atoms with E-state index in [1.165, 1.54) is 24.2 Å². The maximum atomic E-state index is 14.8. The molecule has 12 nitrogen and oxygen atoms in total. The van der Waals surface area contributed by atoms with Crippen LogP contribution in [-0.4, -0.2) is 89.0 Å². The zero-order valence-corrected chi connectivity index (χ0v) is 33.5. The maximum absolute atomic E-state index is 14.8. The Hall–Kier alpha value is -4.22. The smallest absolute Gasteiger partial charge is 0.315 e. The summed E-state index contributed by atoms with van der Waals surface area (Å²) in [5.74, 6) is -0.975. The van der Waals surface area contributed by atoms with Gasteiger partial charge in [-0.05, 0) is 111 Å². The number of nitrogens with zero attached hydrogens (tertiary/aromatic N) is 2. The summed E-state index contributed by atoms with van der Waals surface area (Å²) in [7, 11) is 1.63. The van der Waals surface area contributed by atoms with Crippen LogP contribution in [0.2, 0.25) is 0 Å². The summed E-state index contributed by atoms with van der Waals surface area (Å²) in [5, 5.41) is 11.9. The second kappa shape index (κ2) is 16.3. The van der Waals surface area contributed by atoms with Gasteiger partial charge in [-0.25, -0.2) is 4.79 Å². The lowest BCUT2D eigenvalue weighted by atomic mass is 9.53. The van der Waals surface area contributed by atoms with Crippen molar-refractivity contribution in [3.8, 4) is 0 Å². The number of benzene rings is 1. The van der Waals surface area contributed by atoms with Crippen molar-refractivity contribution < 1.29 is 28.8 Å². The van der Waals surface area contributed by atoms with E-state index in [1.807, 2.05) is 30.3 Å². The number of nitrogens with one attached hydrogen (secondary N) is 4. The van der Waals surface area contributed by atoms with Gasteiger partial charge in [-0.3, -0.25) is 24.0 Å². The molecular formula is C44H62N6O6. The van der Waals surface area contributed by atoms with Crippen molar-refractivity contribution in [2.24, 2.45) is 40.9 Å². The predicted molar refractivity (Wildman–Crippen MR) is 211 cm³/mol. The topological polar surface area (TPSA) is 157 Å². The highest BCUT2D eigenvalue weighted by atomic mass is 16.2. The van der Waals surface area contributed by atoms with Crippen LogP contribution in [0.5, 0.6) is 0 Å². The van der Waals surface area contributed by atoms with E-state index in [2.05, 4.69) is 41.7 Å². The number of fused-ring (bicyclic) bond motifs is 1. The molecule has 0 spiro atoms. The predicted octanol–water partition coefficient (Wildman–Crippen LogP) is 4.48. The standard InChI is InChI=1S/C44H62N6O6/c1-5-6-17-33(38(52)40(54)45-24-34(51)49(4)25-27-13-9-7-10-14-27)46-39(53)37-35-32(43(35,2)3)26-50(37)41(55)36(31-15-11-8-12-16-31)47-42(56)48-44-21-28-18-29(22-44)20-30(19-28)23-44/h5,7,9-10,13-14,28-33,35-37H,1,6,8,11-12,15-26H2,2-4H3,(H,45,54)(H,46,53)(H2,47,48,56)/t28?,29?,30?,32-,33?,35-,36-,37-,44?/m0/s1. The lowest BCUT2D eigenvalue weighted by molar-refractivity contribution is -0.145. The molecule has 1 heterocycles. The number of likely N-dealkylation sites (N-methyl/N-ethyl adjacent to an activating group) is 1. The summed E-state index contributed by atoms with van der Waals surface area (Å²) in [4.78, 5) is 85.7. The fourth-order valence-corrected chi connectivity index (χ4v) is 11.8. The van der Waals surface area contributed by atoms with Gasteiger partial charge in [0.15, 0.2) is 0 Å². The van der Waals surface area contributed by atoms with Crippen LogP contribution < -0.4 is 21.3 Å². The number of amides is 6. The molecule has 1 saturated heterocycles. The van der Waals surface area contributed by atoms with E-state index >= 15 is 0 Å². The number of Topliss-reactive ketones (excluding diaryl/α,β-unsaturated/α-hetero) is 1. The summed E-state index contributed by atoms with van der Waals surface area (Å²) in [5.41, 5.74) is 0.540. The average molecular weight is 771 g/mol. The molecule has 56 heavy (non-hydrogen) atoms. The van der Waals surface area contributed by atoms with Crippen LogP contribution in [0.25, 0.3) is 0 Å². The van der Waals surface area contributed by atoms with Crippen LogP contribution in [0, 0.1) is 40.9 Å². The van der Waals surface area contributed by atoms with E-state index in [9.17, 15) is 28.8 Å². The number of likely N-dealkylation sites (tertiary alicyclic amines) is 1. The minimum Gasteiger partial charge on any atom is -0.344 e. The fourth-order valence-electron chi connectivity index (χ4n) is 11.8. The van der Waals surface area contributed by atoms with Gasteiger partial charge >= 0.3 is 6.03 Å². The number of hydrogen-bond acceptors (Lipinski definition) is 6. The third-order valence-electron chi connectivity index (χ3n) is 14.5. The molecule has 8 rings (SSSR count). The van der Waals surface area contributed by atoms with Crippen molar-refractivity contribution in [3.05, 3.63) is 48.6 Å².